The average Bonchev–Trinajstić information content (AvgIpc) is 3.01. The molecule has 3 heterocycles. The summed E-state index contributed by atoms with van der Waals surface area (Å²) in [5.41, 5.74) is 5.75. The second-order valence-corrected chi connectivity index (χ2v) is 4.66. The summed E-state index contributed by atoms with van der Waals surface area (Å²) in [5.74, 6) is 0.928. The maximum Gasteiger partial charge on any atom is 0.258 e. The quantitative estimate of drug-likeness (QED) is 0.761. The van der Waals surface area contributed by atoms with Crippen molar-refractivity contribution in [3.05, 3.63) is 12.7 Å². The smallest absolute Gasteiger partial charge is 0.258 e. The molecule has 0 radical (unpaired) electrons. The van der Waals surface area contributed by atoms with Crippen molar-refractivity contribution in [2.75, 3.05) is 23.8 Å². The van der Waals surface area contributed by atoms with E-state index in [1.54, 1.807) is 0 Å². The van der Waals surface area contributed by atoms with Crippen LogP contribution in [-0.2, 0) is 0 Å². The third-order valence-electron chi connectivity index (χ3n) is 3.35. The molecule has 2 aromatic rings. The second kappa shape index (κ2) is 5.37. The Morgan fingerprint density at radius 3 is 2.85 bits per heavy atom. The van der Waals surface area contributed by atoms with Crippen LogP contribution in [0.5, 0.6) is 0 Å². The van der Waals surface area contributed by atoms with Gasteiger partial charge in [-0.2, -0.15) is 24.7 Å². The van der Waals surface area contributed by atoms with E-state index < -0.39 is 0 Å². The summed E-state index contributed by atoms with van der Waals surface area (Å²) in [6, 6.07) is 0.0224. The number of nitrogen functional groups attached to an aromatic ring is 1. The Balaban J connectivity index is 1.96. The van der Waals surface area contributed by atoms with Crippen molar-refractivity contribution in [1.82, 2.24) is 29.7 Å². The number of aliphatic hydroxyl groups excluding tert-OH is 1. The summed E-state index contributed by atoms with van der Waals surface area (Å²) >= 11 is 0. The van der Waals surface area contributed by atoms with Gasteiger partial charge in [-0.15, -0.1) is 0 Å². The van der Waals surface area contributed by atoms with Crippen molar-refractivity contribution in [2.45, 2.75) is 25.3 Å². The van der Waals surface area contributed by atoms with Gasteiger partial charge in [0, 0.05) is 6.54 Å². The van der Waals surface area contributed by atoms with Gasteiger partial charge in [-0.05, 0) is 19.3 Å². The van der Waals surface area contributed by atoms with Gasteiger partial charge in [-0.25, -0.2) is 4.98 Å². The minimum Gasteiger partial charge on any atom is -0.394 e. The number of hydrogen-bond acceptors (Lipinski definition) is 8. The van der Waals surface area contributed by atoms with Gasteiger partial charge < -0.3 is 15.7 Å². The van der Waals surface area contributed by atoms with Crippen molar-refractivity contribution in [3.8, 4) is 5.95 Å². The monoisotopic (exact) mass is 276 g/mol. The maximum atomic E-state index is 9.47. The average molecular weight is 276 g/mol. The third-order valence-corrected chi connectivity index (χ3v) is 3.35. The highest BCUT2D eigenvalue weighted by atomic mass is 16.3. The molecule has 1 saturated heterocycles. The van der Waals surface area contributed by atoms with Gasteiger partial charge in [0.2, 0.25) is 11.9 Å². The molecule has 3 N–H and O–H groups in total. The minimum absolute atomic E-state index is 0.0224. The summed E-state index contributed by atoms with van der Waals surface area (Å²) in [5, 5.41) is 13.5. The highest BCUT2D eigenvalue weighted by molar-refractivity contribution is 5.39. The van der Waals surface area contributed by atoms with E-state index in [0.717, 1.165) is 25.8 Å². The van der Waals surface area contributed by atoms with Gasteiger partial charge in [0.25, 0.3) is 5.95 Å². The lowest BCUT2D eigenvalue weighted by Crippen LogP contribution is -2.43. The lowest BCUT2D eigenvalue weighted by molar-refractivity contribution is 0.238. The van der Waals surface area contributed by atoms with Crippen LogP contribution in [0, 0.1) is 0 Å². The highest BCUT2D eigenvalue weighted by Gasteiger charge is 2.25. The Kier molecular flexibility index (Phi) is 3.42. The van der Waals surface area contributed by atoms with Crippen LogP contribution in [-0.4, -0.2) is 54.0 Å². The lowest BCUT2D eigenvalue weighted by atomic mass is 10.0. The minimum atomic E-state index is 0.0224. The molecule has 106 valence electrons. The zero-order valence-electron chi connectivity index (χ0n) is 10.9. The number of nitrogens with zero attached hydrogens (tertiary/aromatic N) is 7. The molecular weight excluding hydrogens is 260 g/mol. The van der Waals surface area contributed by atoms with E-state index in [1.807, 2.05) is 4.90 Å². The van der Waals surface area contributed by atoms with E-state index in [1.165, 1.54) is 17.3 Å². The molecule has 1 atom stereocenters. The fraction of sp³-hybridized carbons (Fsp3) is 0.545. The summed E-state index contributed by atoms with van der Waals surface area (Å²) in [6.07, 6.45) is 5.95. The van der Waals surface area contributed by atoms with Crippen molar-refractivity contribution in [3.63, 3.8) is 0 Å². The molecule has 1 aliphatic heterocycles. The standard InChI is InChI=1S/C11H16N8O/c12-9-15-10(18-4-2-1-3-8(18)5-20)17-11(16-9)19-7-13-6-14-19/h6-8,20H,1-5H2,(H2,12,15,16,17). The molecule has 1 unspecified atom stereocenters. The Labute approximate surface area is 115 Å². The predicted molar refractivity (Wildman–Crippen MR) is 71.2 cm³/mol. The van der Waals surface area contributed by atoms with Crippen molar-refractivity contribution >= 4 is 11.9 Å². The molecule has 9 heteroatoms. The number of aromatic nitrogens is 6. The number of hydrogen-bond donors (Lipinski definition) is 2. The molecule has 0 aliphatic carbocycles. The van der Waals surface area contributed by atoms with E-state index >= 15 is 0 Å². The number of anilines is 2. The summed E-state index contributed by atoms with van der Waals surface area (Å²) in [4.78, 5) is 18.4. The van der Waals surface area contributed by atoms with Crippen LogP contribution in [0.1, 0.15) is 19.3 Å². The normalized spacial score (nSPS) is 19.2. The second-order valence-electron chi connectivity index (χ2n) is 4.66. The third kappa shape index (κ3) is 2.39. The van der Waals surface area contributed by atoms with Crippen LogP contribution in [0.25, 0.3) is 5.95 Å². The first-order chi connectivity index (χ1) is 9.78. The number of piperidine rings is 1. The molecule has 1 aliphatic rings. The predicted octanol–water partition coefficient (Wildman–Crippen LogP) is -0.614. The van der Waals surface area contributed by atoms with Crippen molar-refractivity contribution < 1.29 is 5.11 Å². The molecule has 0 aromatic carbocycles. The Morgan fingerprint density at radius 1 is 1.25 bits per heavy atom. The molecular formula is C11H16N8O. The fourth-order valence-electron chi connectivity index (χ4n) is 2.37. The molecule has 20 heavy (non-hydrogen) atoms. The molecule has 3 rings (SSSR count). The molecule has 9 nitrogen and oxygen atoms in total. The first kappa shape index (κ1) is 12.7. The molecule has 2 aromatic heterocycles. The molecule has 0 saturated carbocycles. The van der Waals surface area contributed by atoms with Crippen molar-refractivity contribution in [1.29, 1.82) is 0 Å². The van der Waals surface area contributed by atoms with Crippen molar-refractivity contribution in [2.24, 2.45) is 0 Å². The zero-order valence-corrected chi connectivity index (χ0v) is 10.9. The van der Waals surface area contributed by atoms with Crippen LogP contribution in [0.2, 0.25) is 0 Å². The fourth-order valence-corrected chi connectivity index (χ4v) is 2.37. The van der Waals surface area contributed by atoms with Gasteiger partial charge >= 0.3 is 0 Å². The number of rotatable bonds is 3. The van der Waals surface area contributed by atoms with Crippen LogP contribution in [0.3, 0.4) is 0 Å². The lowest BCUT2D eigenvalue weighted by Gasteiger charge is -2.34. The highest BCUT2D eigenvalue weighted by Crippen LogP contribution is 2.22. The van der Waals surface area contributed by atoms with E-state index in [-0.39, 0.29) is 18.6 Å². The van der Waals surface area contributed by atoms with Gasteiger partial charge in [0.05, 0.1) is 12.6 Å². The zero-order chi connectivity index (χ0) is 13.9. The van der Waals surface area contributed by atoms with Crippen LogP contribution in [0.15, 0.2) is 12.7 Å². The van der Waals surface area contributed by atoms with E-state index in [4.69, 9.17) is 5.73 Å². The van der Waals surface area contributed by atoms with Gasteiger partial charge in [0.1, 0.15) is 12.7 Å². The molecule has 0 bridgehead atoms. The maximum absolute atomic E-state index is 9.47. The van der Waals surface area contributed by atoms with Crippen LogP contribution < -0.4 is 10.6 Å². The molecule has 0 amide bonds. The molecule has 0 spiro atoms. The summed E-state index contributed by atoms with van der Waals surface area (Å²) in [6.45, 7) is 0.871. The topological polar surface area (TPSA) is 119 Å². The number of nitrogens with two attached hydrogens (primary N) is 1. The van der Waals surface area contributed by atoms with E-state index in [2.05, 4.69) is 25.0 Å². The molecule has 1 fully saturated rings. The number of aliphatic hydroxyl groups is 1. The largest absolute Gasteiger partial charge is 0.394 e. The summed E-state index contributed by atoms with van der Waals surface area (Å²) < 4.78 is 1.43. The van der Waals surface area contributed by atoms with Crippen LogP contribution >= 0.6 is 0 Å². The Hall–Kier alpha value is -2.29. The van der Waals surface area contributed by atoms with Crippen LogP contribution in [0.4, 0.5) is 11.9 Å². The van der Waals surface area contributed by atoms with Gasteiger partial charge in [-0.1, -0.05) is 0 Å². The van der Waals surface area contributed by atoms with E-state index in [9.17, 15) is 5.11 Å². The van der Waals surface area contributed by atoms with E-state index in [0.29, 0.717) is 11.9 Å². The Morgan fingerprint density at radius 2 is 2.10 bits per heavy atom. The van der Waals surface area contributed by atoms with Gasteiger partial charge in [-0.3, -0.25) is 0 Å². The SMILES string of the molecule is Nc1nc(N2CCCCC2CO)nc(-n2cncn2)n1. The Bertz CT molecular complexity index is 572. The first-order valence-corrected chi connectivity index (χ1v) is 6.52. The summed E-state index contributed by atoms with van der Waals surface area (Å²) in [7, 11) is 0. The first-order valence-electron chi connectivity index (χ1n) is 6.52. The van der Waals surface area contributed by atoms with Gasteiger partial charge in [0.15, 0.2) is 0 Å².